The second-order valence-electron chi connectivity index (χ2n) is 10.6. The van der Waals surface area contributed by atoms with Crippen molar-refractivity contribution in [2.45, 2.75) is 10.8 Å². The van der Waals surface area contributed by atoms with Crippen molar-refractivity contribution < 1.29 is 27.1 Å². The van der Waals surface area contributed by atoms with Crippen LogP contribution in [0.5, 0.6) is 0 Å². The second-order valence-corrected chi connectivity index (χ2v) is 12.2. The molecular weight excluding hydrogens is 657 g/mol. The van der Waals surface area contributed by atoms with Crippen LogP contribution in [0.25, 0.3) is 44.4 Å². The number of benzene rings is 5. The molecule has 5 nitrogen and oxygen atoms in total. The summed E-state index contributed by atoms with van der Waals surface area (Å²) in [6.07, 6.45) is 0. The lowest BCUT2D eigenvalue weighted by Crippen LogP contribution is -2.04. The number of aromatic nitrogens is 1. The number of hydrogen-bond acceptors (Lipinski definition) is 5. The van der Waals surface area contributed by atoms with Gasteiger partial charge in [0.05, 0.1) is 52.7 Å². The van der Waals surface area contributed by atoms with Gasteiger partial charge in [-0.1, -0.05) is 45.6 Å². The fraction of sp³-hybridized carbons (Fsp3) is 0.0541. The lowest BCUT2D eigenvalue weighted by Gasteiger charge is -2.15. The van der Waals surface area contributed by atoms with E-state index in [0.29, 0.717) is 38.2 Å². The molecule has 0 amide bonds. The molecule has 0 aliphatic rings. The van der Waals surface area contributed by atoms with E-state index < -0.39 is 34.9 Å². The van der Waals surface area contributed by atoms with Gasteiger partial charge in [0.1, 0.15) is 23.4 Å². The van der Waals surface area contributed by atoms with Gasteiger partial charge in [0, 0.05) is 27.0 Å². The van der Waals surface area contributed by atoms with Crippen LogP contribution in [0.1, 0.15) is 33.0 Å². The minimum Gasteiger partial charge on any atom is -0.465 e. The molecule has 6 aromatic rings. The van der Waals surface area contributed by atoms with Gasteiger partial charge in [-0.2, -0.15) is 10.5 Å². The number of fused-ring (bicyclic) bond motifs is 1. The van der Waals surface area contributed by atoms with Gasteiger partial charge < -0.3 is 4.74 Å². The summed E-state index contributed by atoms with van der Waals surface area (Å²) in [6, 6.07) is 27.9. The highest BCUT2D eigenvalue weighted by molar-refractivity contribution is 7.98. The smallest absolute Gasteiger partial charge is 0.338 e. The number of esters is 1. The molecule has 2 unspecified atom stereocenters. The van der Waals surface area contributed by atoms with Gasteiger partial charge in [-0.25, -0.2) is 22.4 Å². The largest absolute Gasteiger partial charge is 0.465 e. The zero-order valence-electron chi connectivity index (χ0n) is 25.0. The Morgan fingerprint density at radius 2 is 1.44 bits per heavy atom. The zero-order valence-corrected chi connectivity index (χ0v) is 26.9. The minimum absolute atomic E-state index is 0.130. The number of alkyl halides is 1. The number of carbonyl (C=O) groups excluding carboxylic acids is 1. The molecule has 1 aromatic heterocycles. The number of ether oxygens (including phenoxy) is 1. The lowest BCUT2D eigenvalue weighted by molar-refractivity contribution is 0.0599. The van der Waals surface area contributed by atoms with E-state index in [0.717, 1.165) is 19.2 Å². The van der Waals surface area contributed by atoms with E-state index in [9.17, 15) is 24.1 Å². The van der Waals surface area contributed by atoms with Crippen molar-refractivity contribution in [2.24, 2.45) is 0 Å². The van der Waals surface area contributed by atoms with Crippen LogP contribution >= 0.6 is 21.2 Å². The first kappa shape index (κ1) is 32.5. The number of halogens is 4. The Balaban J connectivity index is 1.68. The topological polar surface area (TPSA) is 78.8 Å². The van der Waals surface area contributed by atoms with Crippen LogP contribution in [-0.2, 0) is 4.74 Å². The van der Waals surface area contributed by atoms with E-state index in [-0.39, 0.29) is 27.8 Å². The van der Waals surface area contributed by atoms with Crippen LogP contribution in [0.3, 0.4) is 0 Å². The maximum absolute atomic E-state index is 15.4. The van der Waals surface area contributed by atoms with E-state index >= 15 is 8.78 Å². The quantitative estimate of drug-likeness (QED) is 0.0954. The van der Waals surface area contributed by atoms with Crippen molar-refractivity contribution in [3.05, 3.63) is 137 Å². The second kappa shape index (κ2) is 13.4. The molecule has 0 bridgehead atoms. The van der Waals surface area contributed by atoms with Gasteiger partial charge in [0.2, 0.25) is 0 Å². The van der Waals surface area contributed by atoms with Crippen molar-refractivity contribution in [1.29, 1.82) is 10.5 Å². The molecule has 48 heavy (non-hydrogen) atoms. The monoisotopic (exact) mass is 679 g/mol. The van der Waals surface area contributed by atoms with E-state index in [1.807, 2.05) is 0 Å². The molecule has 0 aliphatic heterocycles. The average molecular weight is 680 g/mol. The van der Waals surface area contributed by atoms with Crippen LogP contribution in [0.2, 0.25) is 0 Å². The van der Waals surface area contributed by atoms with Crippen molar-refractivity contribution in [2.75, 3.05) is 7.11 Å². The highest BCUT2D eigenvalue weighted by Gasteiger charge is 2.26. The third-order valence-corrected chi connectivity index (χ3v) is 9.15. The van der Waals surface area contributed by atoms with Crippen LogP contribution in [0.4, 0.5) is 17.6 Å². The van der Waals surface area contributed by atoms with Gasteiger partial charge in [0.15, 0.2) is 0 Å². The van der Waals surface area contributed by atoms with Crippen molar-refractivity contribution in [1.82, 2.24) is 3.97 Å². The molecule has 5 aromatic carbocycles. The fourth-order valence-electron chi connectivity index (χ4n) is 5.58. The molecule has 0 radical (unpaired) electrons. The Bertz CT molecular complexity index is 2270. The minimum atomic E-state index is -1.27. The molecule has 11 heteroatoms. The van der Waals surface area contributed by atoms with Gasteiger partial charge in [-0.3, -0.25) is 3.97 Å². The summed E-state index contributed by atoms with van der Waals surface area (Å²) in [5, 5.41) is 20.7. The van der Waals surface area contributed by atoms with Crippen molar-refractivity contribution in [3.63, 3.8) is 0 Å². The van der Waals surface area contributed by atoms with Gasteiger partial charge in [-0.15, -0.1) is 0 Å². The maximum atomic E-state index is 15.4. The van der Waals surface area contributed by atoms with Crippen LogP contribution < -0.4 is 0 Å². The number of carbonyl (C=O) groups is 1. The summed E-state index contributed by atoms with van der Waals surface area (Å²) < 4.78 is 66.2. The Hall–Kier alpha value is -5.41. The molecule has 2 atom stereocenters. The third-order valence-electron chi connectivity index (χ3n) is 7.73. The van der Waals surface area contributed by atoms with Crippen LogP contribution in [0.15, 0.2) is 102 Å². The standard InChI is InChI=1S/C37H22F4N3O2PS/c1-46-37(45)25-15-29(39)33(30(40)16-25)21-4-2-5-22(14-21)35-34(32-23(18-42)6-3-7-24(32)19-43)28-17-26(38)10-13-31(28)44(35)48-27-11-8-20(9-12-27)36(41)47/h2-17,36H,47H2,1H3. The number of nitriles is 2. The van der Waals surface area contributed by atoms with Gasteiger partial charge in [0.25, 0.3) is 0 Å². The first-order valence-electron chi connectivity index (χ1n) is 14.3. The van der Waals surface area contributed by atoms with Crippen LogP contribution in [-0.4, -0.2) is 17.1 Å². The van der Waals surface area contributed by atoms with E-state index in [2.05, 4.69) is 26.1 Å². The Morgan fingerprint density at radius 3 is 2.04 bits per heavy atom. The molecule has 236 valence electrons. The van der Waals surface area contributed by atoms with Crippen molar-refractivity contribution >= 4 is 38.1 Å². The molecular formula is C37H22F4N3O2PS. The number of methoxy groups -OCH3 is 1. The molecule has 6 rings (SSSR count). The highest BCUT2D eigenvalue weighted by atomic mass is 32.2. The van der Waals surface area contributed by atoms with E-state index in [1.165, 1.54) is 36.2 Å². The molecule has 1 heterocycles. The molecule has 0 spiro atoms. The van der Waals surface area contributed by atoms with Gasteiger partial charge >= 0.3 is 5.97 Å². The van der Waals surface area contributed by atoms with Gasteiger partial charge in [-0.05, 0) is 83.7 Å². The summed E-state index contributed by atoms with van der Waals surface area (Å²) >= 11 is 1.22. The molecule has 0 saturated carbocycles. The molecule has 0 fully saturated rings. The third kappa shape index (κ3) is 5.93. The predicted molar refractivity (Wildman–Crippen MR) is 180 cm³/mol. The molecule has 0 aliphatic carbocycles. The zero-order chi connectivity index (χ0) is 34.1. The normalized spacial score (nSPS) is 11.6. The average Bonchev–Trinajstić information content (AvgIpc) is 3.39. The van der Waals surface area contributed by atoms with Crippen LogP contribution in [0, 0.1) is 40.1 Å². The fourth-order valence-corrected chi connectivity index (χ4v) is 6.81. The lowest BCUT2D eigenvalue weighted by atomic mass is 9.90. The highest BCUT2D eigenvalue weighted by Crippen LogP contribution is 2.47. The Labute approximate surface area is 279 Å². The predicted octanol–water partition coefficient (Wildman–Crippen LogP) is 9.99. The molecule has 0 N–H and O–H groups in total. The number of hydrogen-bond donors (Lipinski definition) is 0. The summed E-state index contributed by atoms with van der Waals surface area (Å²) in [4.78, 5) is 12.7. The Kier molecular flexibility index (Phi) is 9.06. The summed E-state index contributed by atoms with van der Waals surface area (Å²) in [5.74, 6) is -4.71. The maximum Gasteiger partial charge on any atom is 0.338 e. The van der Waals surface area contributed by atoms with E-state index in [4.69, 9.17) is 0 Å². The first-order chi connectivity index (χ1) is 23.1. The molecule has 0 saturated heterocycles. The summed E-state index contributed by atoms with van der Waals surface area (Å²) in [7, 11) is 3.20. The summed E-state index contributed by atoms with van der Waals surface area (Å²) in [5.41, 5.74) is 2.18. The SMILES string of the molecule is COC(=O)c1cc(F)c(-c2cccc(-c3c(-c4c(C#N)cccc4C#N)c4cc(F)ccc4n3Sc3ccc(C(F)P)cc3)c2)c(F)c1. The number of nitrogens with zero attached hydrogens (tertiary/aromatic N) is 3. The van der Waals surface area contributed by atoms with Crippen molar-refractivity contribution in [3.8, 4) is 45.6 Å². The first-order valence-corrected chi connectivity index (χ1v) is 15.7. The summed E-state index contributed by atoms with van der Waals surface area (Å²) in [6.45, 7) is 0. The number of rotatable bonds is 7. The van der Waals surface area contributed by atoms with E-state index in [1.54, 1.807) is 64.6 Å². The Morgan fingerprint density at radius 1 is 0.812 bits per heavy atom.